The third kappa shape index (κ3) is 2.81. The molecule has 0 spiro atoms. The summed E-state index contributed by atoms with van der Waals surface area (Å²) in [5.41, 5.74) is -0.839. The summed E-state index contributed by atoms with van der Waals surface area (Å²) in [6.45, 7) is 1.57. The van der Waals surface area contributed by atoms with Gasteiger partial charge in [-0.15, -0.1) is 0 Å². The molecule has 2 aromatic rings. The second-order valence-corrected chi connectivity index (χ2v) is 7.16. The fraction of sp³-hybridized carbons (Fsp3) is 0.222. The quantitative estimate of drug-likeness (QED) is 0.466. The molecule has 1 aliphatic heterocycles. The van der Waals surface area contributed by atoms with E-state index < -0.39 is 28.6 Å². The summed E-state index contributed by atoms with van der Waals surface area (Å²) >= 11 is 3.30. The zero-order valence-corrected chi connectivity index (χ0v) is 15.6. The zero-order chi connectivity index (χ0) is 19.2. The van der Waals surface area contributed by atoms with Crippen LogP contribution in [-0.4, -0.2) is 28.8 Å². The highest BCUT2D eigenvalue weighted by atomic mass is 79.9. The number of halogens is 1. The van der Waals surface area contributed by atoms with Crippen molar-refractivity contribution in [2.45, 2.75) is 18.9 Å². The largest absolute Gasteiger partial charge is 0.375 e. The number of nitro groups is 1. The summed E-state index contributed by atoms with van der Waals surface area (Å²) in [6.07, 6.45) is -0.500. The monoisotopic (exact) mass is 418 g/mol. The highest BCUT2D eigenvalue weighted by Gasteiger charge is 2.49. The van der Waals surface area contributed by atoms with Crippen LogP contribution in [0.2, 0.25) is 0 Å². The number of ketones is 1. The van der Waals surface area contributed by atoms with Gasteiger partial charge in [-0.1, -0.05) is 28.1 Å². The predicted molar refractivity (Wildman–Crippen MR) is 98.2 cm³/mol. The van der Waals surface area contributed by atoms with Crippen LogP contribution in [-0.2, 0) is 10.4 Å². The lowest BCUT2D eigenvalue weighted by atomic mass is 9.88. The molecule has 0 unspecified atom stereocenters. The molecule has 1 N–H and O–H groups in total. The summed E-state index contributed by atoms with van der Waals surface area (Å²) < 4.78 is 0.663. The van der Waals surface area contributed by atoms with Gasteiger partial charge in [0, 0.05) is 34.3 Å². The number of anilines is 1. The van der Waals surface area contributed by atoms with Crippen LogP contribution in [0.4, 0.5) is 11.4 Å². The van der Waals surface area contributed by atoms with Crippen molar-refractivity contribution >= 4 is 39.0 Å². The third-order valence-corrected chi connectivity index (χ3v) is 5.06. The summed E-state index contributed by atoms with van der Waals surface area (Å²) in [5.74, 6) is -1.16. The molecular weight excluding hydrogens is 404 g/mol. The predicted octanol–water partition coefficient (Wildman–Crippen LogP) is 3.10. The SMILES string of the molecule is Cc1ccc(C(=O)C[C@@]2(O)C(=O)N(C)c3ccc(Br)cc32)cc1[N+](=O)[O-]. The molecule has 0 aliphatic carbocycles. The molecule has 0 aromatic heterocycles. The summed E-state index contributed by atoms with van der Waals surface area (Å²) in [7, 11) is 1.52. The van der Waals surface area contributed by atoms with E-state index in [0.717, 1.165) is 0 Å². The van der Waals surface area contributed by atoms with Crippen molar-refractivity contribution in [3.8, 4) is 0 Å². The van der Waals surface area contributed by atoms with Crippen LogP contribution in [0.3, 0.4) is 0 Å². The third-order valence-electron chi connectivity index (χ3n) is 4.57. The van der Waals surface area contributed by atoms with Crippen molar-refractivity contribution in [2.75, 3.05) is 11.9 Å². The molecular formula is C18H15BrN2O5. The molecule has 1 amide bonds. The lowest BCUT2D eigenvalue weighted by molar-refractivity contribution is -0.385. The minimum absolute atomic E-state index is 0.0784. The van der Waals surface area contributed by atoms with Gasteiger partial charge in [-0.25, -0.2) is 0 Å². The topological polar surface area (TPSA) is 101 Å². The van der Waals surface area contributed by atoms with Gasteiger partial charge in [0.15, 0.2) is 11.4 Å². The summed E-state index contributed by atoms with van der Waals surface area (Å²) in [4.78, 5) is 37.1. The van der Waals surface area contributed by atoms with Crippen LogP contribution in [0.15, 0.2) is 40.9 Å². The van der Waals surface area contributed by atoms with Gasteiger partial charge in [0.2, 0.25) is 0 Å². The van der Waals surface area contributed by atoms with Crippen molar-refractivity contribution in [3.63, 3.8) is 0 Å². The average Bonchev–Trinajstić information content (AvgIpc) is 2.76. The number of benzene rings is 2. The fourth-order valence-electron chi connectivity index (χ4n) is 3.12. The molecule has 3 rings (SSSR count). The number of rotatable bonds is 4. The van der Waals surface area contributed by atoms with Gasteiger partial charge in [-0.3, -0.25) is 19.7 Å². The highest BCUT2D eigenvalue weighted by molar-refractivity contribution is 9.10. The number of aliphatic hydroxyl groups is 1. The molecule has 134 valence electrons. The van der Waals surface area contributed by atoms with E-state index in [2.05, 4.69) is 15.9 Å². The Bertz CT molecular complexity index is 959. The molecule has 1 aliphatic rings. The number of hydrogen-bond donors (Lipinski definition) is 1. The molecule has 26 heavy (non-hydrogen) atoms. The summed E-state index contributed by atoms with van der Waals surface area (Å²) in [5, 5.41) is 22.1. The first-order chi connectivity index (χ1) is 12.1. The minimum atomic E-state index is -2.01. The normalized spacial score (nSPS) is 18.8. The lowest BCUT2D eigenvalue weighted by Gasteiger charge is -2.21. The second kappa shape index (κ2) is 6.30. The van der Waals surface area contributed by atoms with E-state index in [4.69, 9.17) is 0 Å². The molecule has 0 saturated carbocycles. The first-order valence-electron chi connectivity index (χ1n) is 7.74. The van der Waals surface area contributed by atoms with E-state index in [1.54, 1.807) is 25.1 Å². The Morgan fingerprint density at radius 1 is 1.31 bits per heavy atom. The molecule has 1 heterocycles. The summed E-state index contributed by atoms with van der Waals surface area (Å²) in [6, 6.07) is 9.12. The van der Waals surface area contributed by atoms with Gasteiger partial charge in [-0.05, 0) is 25.1 Å². The lowest BCUT2D eigenvalue weighted by Crippen LogP contribution is -2.40. The van der Waals surface area contributed by atoms with Gasteiger partial charge in [-0.2, -0.15) is 0 Å². The fourth-order valence-corrected chi connectivity index (χ4v) is 3.48. The van der Waals surface area contributed by atoms with Crippen molar-refractivity contribution in [3.05, 3.63) is 67.7 Å². The Balaban J connectivity index is 2.00. The maximum Gasteiger partial charge on any atom is 0.273 e. The van der Waals surface area contributed by atoms with E-state index in [-0.39, 0.29) is 11.3 Å². The van der Waals surface area contributed by atoms with E-state index in [0.29, 0.717) is 21.3 Å². The number of carbonyl (C=O) groups excluding carboxylic acids is 2. The number of nitro benzene ring substituents is 1. The zero-order valence-electron chi connectivity index (χ0n) is 14.0. The molecule has 0 saturated heterocycles. The maximum absolute atomic E-state index is 12.7. The number of likely N-dealkylation sites (N-methyl/N-ethyl adjacent to an activating group) is 1. The first-order valence-corrected chi connectivity index (χ1v) is 8.53. The smallest absolute Gasteiger partial charge is 0.273 e. The van der Waals surface area contributed by atoms with Crippen LogP contribution in [0.25, 0.3) is 0 Å². The molecule has 0 radical (unpaired) electrons. The number of aryl methyl sites for hydroxylation is 1. The van der Waals surface area contributed by atoms with Gasteiger partial charge in [0.25, 0.3) is 11.6 Å². The Kier molecular flexibility index (Phi) is 4.41. The Morgan fingerprint density at radius 3 is 2.65 bits per heavy atom. The number of Topliss-reactive ketones (excluding diaryl/α,β-unsaturated/α-hetero) is 1. The van der Waals surface area contributed by atoms with Gasteiger partial charge < -0.3 is 10.0 Å². The number of fused-ring (bicyclic) bond motifs is 1. The van der Waals surface area contributed by atoms with E-state index in [1.807, 2.05) is 0 Å². The first kappa shape index (κ1) is 18.2. The Morgan fingerprint density at radius 2 is 2.00 bits per heavy atom. The van der Waals surface area contributed by atoms with Crippen molar-refractivity contribution < 1.29 is 19.6 Å². The van der Waals surface area contributed by atoms with Crippen LogP contribution < -0.4 is 4.90 Å². The Labute approximate surface area is 157 Å². The standard InChI is InChI=1S/C18H15BrN2O5/c1-10-3-4-11(7-15(10)21(25)26)16(22)9-18(24)13-8-12(19)5-6-14(13)20(2)17(18)23/h3-8,24H,9H2,1-2H3/t18-/m0/s1. The van der Waals surface area contributed by atoms with E-state index in [1.165, 1.54) is 30.1 Å². The van der Waals surface area contributed by atoms with Gasteiger partial charge in [0.05, 0.1) is 17.0 Å². The maximum atomic E-state index is 12.7. The average molecular weight is 419 g/mol. The number of carbonyl (C=O) groups is 2. The number of amides is 1. The van der Waals surface area contributed by atoms with Crippen molar-refractivity contribution in [1.29, 1.82) is 0 Å². The number of nitrogens with zero attached hydrogens (tertiary/aromatic N) is 2. The van der Waals surface area contributed by atoms with Crippen molar-refractivity contribution in [1.82, 2.24) is 0 Å². The molecule has 1 atom stereocenters. The van der Waals surface area contributed by atoms with Gasteiger partial charge >= 0.3 is 0 Å². The molecule has 7 nitrogen and oxygen atoms in total. The minimum Gasteiger partial charge on any atom is -0.375 e. The number of hydrogen-bond acceptors (Lipinski definition) is 5. The van der Waals surface area contributed by atoms with E-state index in [9.17, 15) is 24.8 Å². The molecule has 2 aromatic carbocycles. The molecule has 8 heteroatoms. The van der Waals surface area contributed by atoms with Crippen LogP contribution in [0, 0.1) is 17.0 Å². The van der Waals surface area contributed by atoms with Crippen LogP contribution >= 0.6 is 15.9 Å². The van der Waals surface area contributed by atoms with Crippen LogP contribution in [0.1, 0.15) is 27.9 Å². The van der Waals surface area contributed by atoms with Crippen molar-refractivity contribution in [2.24, 2.45) is 0 Å². The van der Waals surface area contributed by atoms with Gasteiger partial charge in [0.1, 0.15) is 0 Å². The Hall–Kier alpha value is -2.58. The van der Waals surface area contributed by atoms with E-state index >= 15 is 0 Å². The second-order valence-electron chi connectivity index (χ2n) is 6.24. The highest BCUT2D eigenvalue weighted by Crippen LogP contribution is 2.43. The van der Waals surface area contributed by atoms with Crippen LogP contribution in [0.5, 0.6) is 0 Å². The molecule has 0 bridgehead atoms. The molecule has 0 fully saturated rings.